The number of aliphatic hydroxyl groups is 6. The van der Waals surface area contributed by atoms with Gasteiger partial charge in [0.1, 0.15) is 35.6 Å². The zero-order chi connectivity index (χ0) is 29.1. The Morgan fingerprint density at radius 2 is 1.50 bits per heavy atom. The molecule has 0 saturated carbocycles. The lowest BCUT2D eigenvalue weighted by Crippen LogP contribution is -2.58. The van der Waals surface area contributed by atoms with E-state index in [9.17, 15) is 40.2 Å². The quantitative estimate of drug-likeness (QED) is 0.190. The minimum Gasteiger partial charge on any atom is -0.388 e. The van der Waals surface area contributed by atoms with Crippen molar-refractivity contribution < 1.29 is 40.2 Å². The van der Waals surface area contributed by atoms with Crippen molar-refractivity contribution in [1.29, 1.82) is 0 Å². The van der Waals surface area contributed by atoms with E-state index in [4.69, 9.17) is 0 Å². The molecule has 2 amide bonds. The van der Waals surface area contributed by atoms with E-state index in [1.54, 1.807) is 48.5 Å². The first kappa shape index (κ1) is 31.5. The first-order chi connectivity index (χ1) is 18.9. The molecule has 8 atom stereocenters. The first-order valence-corrected chi connectivity index (χ1v) is 15.8. The molecular formula is C26H31N2O8S4. The zero-order valence-corrected chi connectivity index (χ0v) is 24.4. The number of carbonyl (C=O) groups is 2. The van der Waals surface area contributed by atoms with Gasteiger partial charge in [-0.2, -0.15) is 12.6 Å². The molecule has 4 rings (SSSR count). The fourth-order valence-electron chi connectivity index (χ4n) is 4.39. The van der Waals surface area contributed by atoms with E-state index in [2.05, 4.69) is 29.3 Å². The second kappa shape index (κ2) is 13.2. The molecule has 2 aromatic carbocycles. The van der Waals surface area contributed by atoms with Gasteiger partial charge in [0, 0.05) is 28.2 Å². The van der Waals surface area contributed by atoms with E-state index < -0.39 is 69.4 Å². The molecule has 0 aliphatic carbocycles. The maximum atomic E-state index is 12.8. The van der Waals surface area contributed by atoms with E-state index in [1.165, 1.54) is 23.5 Å². The van der Waals surface area contributed by atoms with Gasteiger partial charge in [0.2, 0.25) is 11.8 Å². The van der Waals surface area contributed by atoms with Gasteiger partial charge in [-0.05, 0) is 18.2 Å². The molecule has 2 saturated heterocycles. The van der Waals surface area contributed by atoms with Crippen LogP contribution in [0.3, 0.4) is 0 Å². The molecule has 0 unspecified atom stereocenters. The molecule has 1 radical (unpaired) electrons. The molecule has 14 heteroatoms. The lowest BCUT2D eigenvalue weighted by atomic mass is 9.90. The summed E-state index contributed by atoms with van der Waals surface area (Å²) in [5.74, 6) is -1.14. The van der Waals surface area contributed by atoms with Crippen LogP contribution in [0.2, 0.25) is 0 Å². The standard InChI is InChI=1S/C26H31N2O8S4/c29-17(27-14-6-2-1-3-7-14)10-26(36)13-39-24(20(32)22(26)34)40-16-9-5-4-8-15(16)28-18(30)11-25(35)12-38-23(37)19(31)21(25)33/h1-6,8-9,19-24,31-37H,10-13H2,(H,27,29)(H,28,30)/t19-,20-,21-,22-,23+,24+,25-,26-/m1/s1. The highest BCUT2D eigenvalue weighted by molar-refractivity contribution is 8.17. The highest BCUT2D eigenvalue weighted by Gasteiger charge is 2.50. The monoisotopic (exact) mass is 627 g/mol. The Hall–Kier alpha value is -1.46. The number of rotatable bonds is 8. The molecular weight excluding hydrogens is 597 g/mol. The van der Waals surface area contributed by atoms with Gasteiger partial charge in [-0.15, -0.1) is 35.3 Å². The van der Waals surface area contributed by atoms with Crippen LogP contribution >= 0.6 is 47.9 Å². The lowest BCUT2D eigenvalue weighted by Gasteiger charge is -2.42. The highest BCUT2D eigenvalue weighted by atomic mass is 32.2. The van der Waals surface area contributed by atoms with Crippen LogP contribution < -0.4 is 10.6 Å². The number of thioether (sulfide) groups is 3. The predicted molar refractivity (Wildman–Crippen MR) is 159 cm³/mol. The molecule has 10 nitrogen and oxygen atoms in total. The van der Waals surface area contributed by atoms with Crippen LogP contribution in [0, 0.1) is 6.07 Å². The summed E-state index contributed by atoms with van der Waals surface area (Å²) >= 11 is 7.64. The average Bonchev–Trinajstić information content (AvgIpc) is 2.92. The van der Waals surface area contributed by atoms with Crippen molar-refractivity contribution in [3.63, 3.8) is 0 Å². The van der Waals surface area contributed by atoms with Crippen LogP contribution in [0.4, 0.5) is 11.4 Å². The molecule has 2 aromatic rings. The Morgan fingerprint density at radius 3 is 2.17 bits per heavy atom. The smallest absolute Gasteiger partial charge is 0.227 e. The Morgan fingerprint density at radius 1 is 0.900 bits per heavy atom. The zero-order valence-electron chi connectivity index (χ0n) is 21.1. The second-order valence-corrected chi connectivity index (χ2v) is 14.4. The molecule has 40 heavy (non-hydrogen) atoms. The molecule has 2 heterocycles. The van der Waals surface area contributed by atoms with Crippen LogP contribution in [-0.4, -0.2) is 98.7 Å². The van der Waals surface area contributed by atoms with Crippen molar-refractivity contribution in [3.8, 4) is 0 Å². The first-order valence-electron chi connectivity index (χ1n) is 12.3. The van der Waals surface area contributed by atoms with Gasteiger partial charge in [-0.25, -0.2) is 0 Å². The summed E-state index contributed by atoms with van der Waals surface area (Å²) in [5.41, 5.74) is -2.90. The van der Waals surface area contributed by atoms with Crippen molar-refractivity contribution in [3.05, 3.63) is 54.6 Å². The van der Waals surface area contributed by atoms with Crippen LogP contribution in [0.25, 0.3) is 0 Å². The minimum atomic E-state index is -1.86. The number of aliphatic hydroxyl groups excluding tert-OH is 4. The van der Waals surface area contributed by atoms with E-state index in [1.807, 2.05) is 0 Å². The number of hydrogen-bond donors (Lipinski definition) is 9. The predicted octanol–water partition coefficient (Wildman–Crippen LogP) is 0.918. The Kier molecular flexibility index (Phi) is 10.4. The van der Waals surface area contributed by atoms with Crippen molar-refractivity contribution in [2.45, 2.75) is 62.5 Å². The SMILES string of the molecule is O=C(C[C@@]1(O)CS[C@@H](Sc2ccccc2NC(=O)C[C@@]2(O)CS[C@H](S)[C@H](O)[C@H]2O)[C@H](O)[C@H]1O)Nc1[c]cccc1. The normalized spacial score (nSPS) is 34.2. The van der Waals surface area contributed by atoms with Crippen LogP contribution in [0.1, 0.15) is 12.8 Å². The number of amides is 2. The molecule has 8 N–H and O–H groups in total. The third kappa shape index (κ3) is 7.30. The molecule has 0 spiro atoms. The van der Waals surface area contributed by atoms with Gasteiger partial charge in [0.25, 0.3) is 0 Å². The van der Waals surface area contributed by atoms with Crippen LogP contribution in [-0.2, 0) is 9.59 Å². The summed E-state index contributed by atoms with van der Waals surface area (Å²) in [6.45, 7) is 0. The fraction of sp³-hybridized carbons (Fsp3) is 0.462. The highest BCUT2D eigenvalue weighted by Crippen LogP contribution is 2.45. The fourth-order valence-corrected chi connectivity index (χ4v) is 8.66. The summed E-state index contributed by atoms with van der Waals surface area (Å²) in [6, 6.07) is 16.3. The van der Waals surface area contributed by atoms with Crippen molar-refractivity contribution in [2.24, 2.45) is 0 Å². The molecule has 0 bridgehead atoms. The third-order valence-corrected chi connectivity index (χ3v) is 11.8. The number of anilines is 2. The molecule has 2 aliphatic rings. The third-order valence-electron chi connectivity index (χ3n) is 6.64. The number of benzene rings is 2. The van der Waals surface area contributed by atoms with Crippen molar-refractivity contribution in [2.75, 3.05) is 22.1 Å². The van der Waals surface area contributed by atoms with Gasteiger partial charge in [-0.3, -0.25) is 9.59 Å². The van der Waals surface area contributed by atoms with Gasteiger partial charge in [0.05, 0.1) is 27.7 Å². The largest absolute Gasteiger partial charge is 0.388 e. The van der Waals surface area contributed by atoms with Gasteiger partial charge in [0.15, 0.2) is 0 Å². The van der Waals surface area contributed by atoms with Crippen molar-refractivity contribution >= 4 is 71.1 Å². The summed E-state index contributed by atoms with van der Waals surface area (Å²) in [7, 11) is 0. The molecule has 0 aromatic heterocycles. The second-order valence-electron chi connectivity index (χ2n) is 9.80. The number of nitrogens with one attached hydrogen (secondary N) is 2. The maximum Gasteiger partial charge on any atom is 0.227 e. The van der Waals surface area contributed by atoms with Gasteiger partial charge >= 0.3 is 0 Å². The van der Waals surface area contributed by atoms with Gasteiger partial charge in [-0.1, -0.05) is 30.3 Å². The summed E-state index contributed by atoms with van der Waals surface area (Å²) in [4.78, 5) is 25.9. The Bertz CT molecular complexity index is 1200. The molecule has 2 aliphatic heterocycles. The summed E-state index contributed by atoms with van der Waals surface area (Å²) < 4.78 is -1.22. The Labute approximate surface area is 249 Å². The Balaban J connectivity index is 1.37. The number of thiol groups is 1. The van der Waals surface area contributed by atoms with E-state index >= 15 is 0 Å². The molecule has 2 fully saturated rings. The maximum absolute atomic E-state index is 12.8. The van der Waals surface area contributed by atoms with Gasteiger partial charge < -0.3 is 41.3 Å². The topological polar surface area (TPSA) is 180 Å². The number of hydrogen-bond acceptors (Lipinski definition) is 12. The average molecular weight is 628 g/mol. The van der Waals surface area contributed by atoms with E-state index in [-0.39, 0.29) is 11.5 Å². The minimum absolute atomic E-state index is 0.0105. The van der Waals surface area contributed by atoms with Crippen molar-refractivity contribution in [1.82, 2.24) is 0 Å². The lowest BCUT2D eigenvalue weighted by molar-refractivity contribution is -0.137. The van der Waals surface area contributed by atoms with Crippen LogP contribution in [0.15, 0.2) is 53.4 Å². The van der Waals surface area contributed by atoms with Crippen LogP contribution in [0.5, 0.6) is 0 Å². The van der Waals surface area contributed by atoms with E-state index in [0.717, 1.165) is 11.8 Å². The molecule has 217 valence electrons. The van der Waals surface area contributed by atoms with E-state index in [0.29, 0.717) is 16.3 Å². The number of para-hydroxylation sites is 2. The number of carbonyl (C=O) groups excluding carboxylic acids is 2. The summed E-state index contributed by atoms with van der Waals surface area (Å²) in [6.07, 6.45) is -6.76. The summed E-state index contributed by atoms with van der Waals surface area (Å²) in [5, 5.41) is 69.2.